The summed E-state index contributed by atoms with van der Waals surface area (Å²) in [6, 6.07) is 4.09. The van der Waals surface area contributed by atoms with Gasteiger partial charge < -0.3 is 0 Å². The van der Waals surface area contributed by atoms with Crippen LogP contribution in [0.25, 0.3) is 0 Å². The van der Waals surface area contributed by atoms with Crippen molar-refractivity contribution in [2.45, 2.75) is 6.61 Å². The van der Waals surface area contributed by atoms with Crippen LogP contribution >= 0.6 is 15.9 Å². The zero-order chi connectivity index (χ0) is 10.8. The fraction of sp³-hybridized carbons (Fsp3) is 0.250. The Balaban J connectivity index is 2.78. The maximum Gasteiger partial charge on any atom is 0.264 e. The van der Waals surface area contributed by atoms with Crippen LogP contribution in [-0.4, -0.2) is 14.7 Å². The monoisotopic (exact) mass is 282 g/mol. The zero-order valence-electron chi connectivity index (χ0n) is 7.33. The molecule has 0 heterocycles. The minimum Gasteiger partial charge on any atom is -0.265 e. The average Bonchev–Trinajstić information content (AvgIpc) is 1.97. The van der Waals surface area contributed by atoms with Crippen LogP contribution in [0, 0.1) is 5.82 Å². The summed E-state index contributed by atoms with van der Waals surface area (Å²) < 4.78 is 39.2. The third kappa shape index (κ3) is 4.17. The molecule has 0 aromatic heterocycles. The Hall–Kier alpha value is -0.460. The van der Waals surface area contributed by atoms with Crippen molar-refractivity contribution in [2.75, 3.05) is 6.26 Å². The molecule has 0 amide bonds. The number of halogens is 2. The Kier molecular flexibility index (Phi) is 3.63. The van der Waals surface area contributed by atoms with Crippen LogP contribution in [0.4, 0.5) is 4.39 Å². The second-order valence-corrected chi connectivity index (χ2v) is 5.30. The van der Waals surface area contributed by atoms with E-state index in [2.05, 4.69) is 20.1 Å². The molecular weight excluding hydrogens is 275 g/mol. The molecule has 0 radical (unpaired) electrons. The summed E-state index contributed by atoms with van der Waals surface area (Å²) in [4.78, 5) is 0. The molecule has 0 fully saturated rings. The topological polar surface area (TPSA) is 43.4 Å². The first-order chi connectivity index (χ1) is 6.37. The van der Waals surface area contributed by atoms with Gasteiger partial charge >= 0.3 is 0 Å². The van der Waals surface area contributed by atoms with E-state index in [1.54, 1.807) is 6.07 Å². The fourth-order valence-corrected chi connectivity index (χ4v) is 1.73. The summed E-state index contributed by atoms with van der Waals surface area (Å²) >= 11 is 3.09. The Morgan fingerprint density at radius 2 is 2.07 bits per heavy atom. The van der Waals surface area contributed by atoms with Crippen molar-refractivity contribution in [1.82, 2.24) is 0 Å². The van der Waals surface area contributed by atoms with Crippen LogP contribution in [0.5, 0.6) is 0 Å². The lowest BCUT2D eigenvalue weighted by molar-refractivity contribution is 0.311. The first kappa shape index (κ1) is 11.6. The highest BCUT2D eigenvalue weighted by molar-refractivity contribution is 9.10. The molecule has 0 N–H and O–H groups in total. The summed E-state index contributed by atoms with van der Waals surface area (Å²) in [6.07, 6.45) is 0.946. The lowest BCUT2D eigenvalue weighted by Gasteiger charge is -2.02. The van der Waals surface area contributed by atoms with Gasteiger partial charge in [0.2, 0.25) is 0 Å². The summed E-state index contributed by atoms with van der Waals surface area (Å²) in [5, 5.41) is 0. The predicted molar refractivity (Wildman–Crippen MR) is 53.7 cm³/mol. The van der Waals surface area contributed by atoms with Gasteiger partial charge in [-0.25, -0.2) is 4.39 Å². The van der Waals surface area contributed by atoms with Gasteiger partial charge in [-0.3, -0.25) is 4.18 Å². The number of hydrogen-bond acceptors (Lipinski definition) is 3. The molecule has 1 rings (SSSR count). The zero-order valence-corrected chi connectivity index (χ0v) is 9.73. The van der Waals surface area contributed by atoms with E-state index in [1.165, 1.54) is 12.1 Å². The van der Waals surface area contributed by atoms with Crippen molar-refractivity contribution < 1.29 is 17.0 Å². The highest BCUT2D eigenvalue weighted by Gasteiger charge is 2.04. The number of hydrogen-bond donors (Lipinski definition) is 0. The van der Waals surface area contributed by atoms with E-state index < -0.39 is 15.9 Å². The lowest BCUT2D eigenvalue weighted by Crippen LogP contribution is -2.02. The standard InChI is InChI=1S/C8H8BrFO3S/c1-14(11,12)13-5-6-2-7(9)4-8(10)3-6/h2-4H,5H2,1H3. The van der Waals surface area contributed by atoms with Gasteiger partial charge in [-0.2, -0.15) is 8.42 Å². The van der Waals surface area contributed by atoms with Crippen LogP contribution in [0.15, 0.2) is 22.7 Å². The van der Waals surface area contributed by atoms with E-state index in [9.17, 15) is 12.8 Å². The van der Waals surface area contributed by atoms with Crippen molar-refractivity contribution in [1.29, 1.82) is 0 Å². The molecule has 3 nitrogen and oxygen atoms in total. The molecule has 0 saturated carbocycles. The number of rotatable bonds is 3. The Bertz CT molecular complexity index is 410. The van der Waals surface area contributed by atoms with E-state index in [1.807, 2.05) is 0 Å². The molecule has 0 aliphatic rings. The third-order valence-electron chi connectivity index (χ3n) is 1.36. The van der Waals surface area contributed by atoms with Gasteiger partial charge in [0.15, 0.2) is 0 Å². The van der Waals surface area contributed by atoms with Gasteiger partial charge in [0.1, 0.15) is 5.82 Å². The normalized spacial score (nSPS) is 11.6. The SMILES string of the molecule is CS(=O)(=O)OCc1cc(F)cc(Br)c1. The molecule has 0 bridgehead atoms. The molecule has 0 atom stereocenters. The minimum absolute atomic E-state index is 0.158. The van der Waals surface area contributed by atoms with Crippen LogP contribution in [0.3, 0.4) is 0 Å². The quantitative estimate of drug-likeness (QED) is 0.797. The van der Waals surface area contributed by atoms with Crippen molar-refractivity contribution in [2.24, 2.45) is 0 Å². The van der Waals surface area contributed by atoms with Gasteiger partial charge in [-0.1, -0.05) is 15.9 Å². The van der Waals surface area contributed by atoms with Crippen LogP contribution in [-0.2, 0) is 20.9 Å². The molecule has 0 saturated heterocycles. The van der Waals surface area contributed by atoms with E-state index in [0.29, 0.717) is 10.0 Å². The molecule has 0 aliphatic carbocycles. The largest absolute Gasteiger partial charge is 0.265 e. The number of benzene rings is 1. The van der Waals surface area contributed by atoms with Gasteiger partial charge in [-0.05, 0) is 23.8 Å². The highest BCUT2D eigenvalue weighted by atomic mass is 79.9. The maximum atomic E-state index is 12.8. The summed E-state index contributed by atoms with van der Waals surface area (Å²) in [7, 11) is -3.49. The van der Waals surface area contributed by atoms with Crippen molar-refractivity contribution in [3.8, 4) is 0 Å². The van der Waals surface area contributed by atoms with Crippen molar-refractivity contribution in [3.63, 3.8) is 0 Å². The highest BCUT2D eigenvalue weighted by Crippen LogP contribution is 2.15. The summed E-state index contributed by atoms with van der Waals surface area (Å²) in [6.45, 7) is -0.158. The van der Waals surface area contributed by atoms with Crippen molar-refractivity contribution >= 4 is 26.0 Å². The smallest absolute Gasteiger partial charge is 0.264 e. The Morgan fingerprint density at radius 3 is 2.57 bits per heavy atom. The lowest BCUT2D eigenvalue weighted by atomic mass is 10.2. The Labute approximate surface area is 90.1 Å². The van der Waals surface area contributed by atoms with Gasteiger partial charge in [0.05, 0.1) is 12.9 Å². The molecule has 0 aliphatic heterocycles. The summed E-state index contributed by atoms with van der Waals surface area (Å²) in [5.41, 5.74) is 0.460. The third-order valence-corrected chi connectivity index (χ3v) is 2.37. The van der Waals surface area contributed by atoms with Crippen molar-refractivity contribution in [3.05, 3.63) is 34.1 Å². The molecule has 0 spiro atoms. The molecule has 78 valence electrons. The maximum absolute atomic E-state index is 12.8. The van der Waals surface area contributed by atoms with E-state index in [0.717, 1.165) is 6.26 Å². The van der Waals surface area contributed by atoms with Crippen LogP contribution < -0.4 is 0 Å². The van der Waals surface area contributed by atoms with Gasteiger partial charge in [0.25, 0.3) is 10.1 Å². The van der Waals surface area contributed by atoms with Crippen LogP contribution in [0.1, 0.15) is 5.56 Å². The molecule has 1 aromatic carbocycles. The molecular formula is C8H8BrFO3S. The van der Waals surface area contributed by atoms with Crippen LogP contribution in [0.2, 0.25) is 0 Å². The summed E-state index contributed by atoms with van der Waals surface area (Å²) in [5.74, 6) is -0.438. The van der Waals surface area contributed by atoms with Gasteiger partial charge in [-0.15, -0.1) is 0 Å². The second kappa shape index (κ2) is 4.37. The van der Waals surface area contributed by atoms with Gasteiger partial charge in [0, 0.05) is 4.47 Å². The first-order valence-electron chi connectivity index (χ1n) is 3.66. The first-order valence-corrected chi connectivity index (χ1v) is 6.27. The molecule has 1 aromatic rings. The second-order valence-electron chi connectivity index (χ2n) is 2.74. The minimum atomic E-state index is -3.49. The van der Waals surface area contributed by atoms with E-state index in [4.69, 9.17) is 0 Å². The predicted octanol–water partition coefficient (Wildman–Crippen LogP) is 2.06. The average molecular weight is 283 g/mol. The fourth-order valence-electron chi connectivity index (χ4n) is 0.869. The molecule has 14 heavy (non-hydrogen) atoms. The van der Waals surface area contributed by atoms with E-state index >= 15 is 0 Å². The molecule has 0 unspecified atom stereocenters. The molecule has 6 heteroatoms. The van der Waals surface area contributed by atoms with E-state index in [-0.39, 0.29) is 6.61 Å². The Morgan fingerprint density at radius 1 is 1.43 bits per heavy atom.